The van der Waals surface area contributed by atoms with Crippen molar-refractivity contribution in [3.8, 4) is 11.3 Å². The van der Waals surface area contributed by atoms with Gasteiger partial charge in [-0.15, -0.1) is 10.2 Å². The van der Waals surface area contributed by atoms with Crippen LogP contribution < -0.4 is 5.73 Å². The summed E-state index contributed by atoms with van der Waals surface area (Å²) in [6.07, 6.45) is 1.56. The third kappa shape index (κ3) is 4.52. The molecule has 0 aliphatic carbocycles. The Hall–Kier alpha value is -3.60. The molecule has 6 rings (SSSR count). The van der Waals surface area contributed by atoms with E-state index in [1.54, 1.807) is 36.5 Å². The molecule has 37 heavy (non-hydrogen) atoms. The van der Waals surface area contributed by atoms with Gasteiger partial charge in [0.05, 0.1) is 17.6 Å². The molecule has 0 atom stereocenters. The van der Waals surface area contributed by atoms with Crippen LogP contribution in [0.3, 0.4) is 0 Å². The van der Waals surface area contributed by atoms with Crippen molar-refractivity contribution in [2.45, 2.75) is 4.90 Å². The number of para-hydroxylation sites is 2. The maximum absolute atomic E-state index is 11.9. The Bertz CT molecular complexity index is 1930. The Morgan fingerprint density at radius 2 is 1.51 bits per heavy atom. The fraction of sp³-hybridized carbons (Fsp3) is 0. The van der Waals surface area contributed by atoms with Crippen molar-refractivity contribution in [3.05, 3.63) is 91.1 Å². The molecule has 4 aromatic carbocycles. The van der Waals surface area contributed by atoms with Crippen LogP contribution in [0.15, 0.2) is 111 Å². The molecule has 6 aromatic rings. The summed E-state index contributed by atoms with van der Waals surface area (Å²) in [5.41, 5.74) is 10.2. The van der Waals surface area contributed by atoms with Gasteiger partial charge in [0.25, 0.3) is 10.1 Å². The SMILES string of the molecule is Nc1c(/N=N/c2ccc(-c3cccc4c3oc3ccccc34)nc2)cc(S(=O)(=O)O)c2ccccc12.[NaH]. The zero-order valence-electron chi connectivity index (χ0n) is 18.7. The van der Waals surface area contributed by atoms with Crippen LogP contribution in [0.25, 0.3) is 44.0 Å². The van der Waals surface area contributed by atoms with Crippen molar-refractivity contribution < 1.29 is 17.4 Å². The van der Waals surface area contributed by atoms with Crippen LogP contribution in [0, 0.1) is 0 Å². The first-order valence-corrected chi connectivity index (χ1v) is 12.4. The standard InChI is InChI=1S/C27H18N4O4S.Na.H/c28-26-19-8-2-1-7-18(19)25(36(32,33)34)14-23(26)31-30-16-12-13-22(29-15-16)21-10-5-9-20-17-6-3-4-11-24(17)35-27(20)21;;/h1-15H,28H2,(H,32,33,34);;/b31-30+;;. The third-order valence-electron chi connectivity index (χ3n) is 6.01. The molecule has 2 aromatic heterocycles. The van der Waals surface area contributed by atoms with Gasteiger partial charge >= 0.3 is 29.6 Å². The van der Waals surface area contributed by atoms with E-state index >= 15 is 0 Å². The number of fused-ring (bicyclic) bond motifs is 4. The number of nitrogens with two attached hydrogens (primary N) is 1. The van der Waals surface area contributed by atoms with Gasteiger partial charge in [-0.2, -0.15) is 8.42 Å². The molecule has 0 saturated heterocycles. The fourth-order valence-electron chi connectivity index (χ4n) is 4.31. The van der Waals surface area contributed by atoms with Gasteiger partial charge in [0.1, 0.15) is 27.4 Å². The second kappa shape index (κ2) is 9.70. The average Bonchev–Trinajstić information content (AvgIpc) is 3.27. The first-order chi connectivity index (χ1) is 17.4. The second-order valence-electron chi connectivity index (χ2n) is 8.21. The van der Waals surface area contributed by atoms with Crippen molar-refractivity contribution in [3.63, 3.8) is 0 Å². The fourth-order valence-corrected chi connectivity index (χ4v) is 5.03. The second-order valence-corrected chi connectivity index (χ2v) is 9.60. The van der Waals surface area contributed by atoms with E-state index in [-0.39, 0.29) is 45.8 Å². The predicted molar refractivity (Wildman–Crippen MR) is 146 cm³/mol. The van der Waals surface area contributed by atoms with E-state index in [0.29, 0.717) is 22.2 Å². The van der Waals surface area contributed by atoms with Crippen LogP contribution in [0.1, 0.15) is 0 Å². The topological polar surface area (TPSA) is 131 Å². The molecule has 0 unspecified atom stereocenters. The summed E-state index contributed by atoms with van der Waals surface area (Å²) in [5.74, 6) is 0. The van der Waals surface area contributed by atoms with Gasteiger partial charge in [0.15, 0.2) is 0 Å². The normalized spacial score (nSPS) is 11.9. The van der Waals surface area contributed by atoms with E-state index in [4.69, 9.17) is 10.2 Å². The van der Waals surface area contributed by atoms with Crippen LogP contribution in [-0.2, 0) is 10.1 Å². The van der Waals surface area contributed by atoms with Crippen LogP contribution in [0.4, 0.5) is 17.1 Å². The molecule has 0 saturated carbocycles. The molecule has 0 bridgehead atoms. The Morgan fingerprint density at radius 1 is 0.811 bits per heavy atom. The molecule has 0 aliphatic rings. The van der Waals surface area contributed by atoms with Gasteiger partial charge in [-0.3, -0.25) is 9.54 Å². The molecule has 178 valence electrons. The number of benzene rings is 4. The molecule has 0 radical (unpaired) electrons. The van der Waals surface area contributed by atoms with Crippen LogP contribution in [-0.4, -0.2) is 47.5 Å². The molecule has 0 spiro atoms. The first-order valence-electron chi connectivity index (χ1n) is 11.0. The number of anilines is 1. The van der Waals surface area contributed by atoms with Gasteiger partial charge < -0.3 is 10.2 Å². The minimum absolute atomic E-state index is 0. The Labute approximate surface area is 233 Å². The maximum atomic E-state index is 11.9. The Kier molecular flexibility index (Phi) is 6.57. The van der Waals surface area contributed by atoms with Crippen LogP contribution in [0.5, 0.6) is 0 Å². The van der Waals surface area contributed by atoms with E-state index in [0.717, 1.165) is 27.5 Å². The van der Waals surface area contributed by atoms with E-state index in [1.807, 2.05) is 48.5 Å². The number of azo groups is 1. The molecule has 10 heteroatoms. The van der Waals surface area contributed by atoms with Crippen LogP contribution >= 0.6 is 0 Å². The summed E-state index contributed by atoms with van der Waals surface area (Å²) in [4.78, 5) is 4.25. The number of nitrogen functional groups attached to an aromatic ring is 1. The Balaban J connectivity index is 0.00000280. The van der Waals surface area contributed by atoms with Gasteiger partial charge in [-0.05, 0) is 30.3 Å². The molecule has 3 N–H and O–H groups in total. The van der Waals surface area contributed by atoms with E-state index < -0.39 is 10.1 Å². The van der Waals surface area contributed by atoms with E-state index in [1.165, 1.54) is 6.07 Å². The van der Waals surface area contributed by atoms with Crippen molar-refractivity contribution in [2.24, 2.45) is 10.2 Å². The molecule has 0 aliphatic heterocycles. The van der Waals surface area contributed by atoms with Crippen molar-refractivity contribution in [2.75, 3.05) is 5.73 Å². The minimum atomic E-state index is -4.49. The number of hydrogen-bond acceptors (Lipinski definition) is 7. The van der Waals surface area contributed by atoms with Gasteiger partial charge in [-0.1, -0.05) is 54.6 Å². The van der Waals surface area contributed by atoms with Gasteiger partial charge in [0.2, 0.25) is 0 Å². The molecular formula is C27H19N4NaO4S. The first kappa shape index (κ1) is 25.1. The Morgan fingerprint density at radius 3 is 2.24 bits per heavy atom. The monoisotopic (exact) mass is 518 g/mol. The van der Waals surface area contributed by atoms with Gasteiger partial charge in [-0.25, -0.2) is 0 Å². The van der Waals surface area contributed by atoms with E-state index in [2.05, 4.69) is 15.2 Å². The predicted octanol–water partition coefficient (Wildman–Crippen LogP) is 6.40. The number of furan rings is 1. The summed E-state index contributed by atoms with van der Waals surface area (Å²) in [5, 5.41) is 11.1. The van der Waals surface area contributed by atoms with Crippen LogP contribution in [0.2, 0.25) is 0 Å². The summed E-state index contributed by atoms with van der Waals surface area (Å²) in [6.45, 7) is 0. The summed E-state index contributed by atoms with van der Waals surface area (Å²) in [7, 11) is -4.49. The number of hydrogen-bond donors (Lipinski definition) is 2. The van der Waals surface area contributed by atoms with E-state index in [9.17, 15) is 13.0 Å². The van der Waals surface area contributed by atoms with Gasteiger partial charge in [0, 0.05) is 27.1 Å². The quantitative estimate of drug-likeness (QED) is 0.120. The molecule has 2 heterocycles. The third-order valence-corrected chi connectivity index (χ3v) is 6.90. The summed E-state index contributed by atoms with van der Waals surface area (Å²) < 4.78 is 39.6. The molecular weight excluding hydrogens is 499 g/mol. The summed E-state index contributed by atoms with van der Waals surface area (Å²) in [6, 6.07) is 25.2. The molecule has 8 nitrogen and oxygen atoms in total. The van der Waals surface area contributed by atoms with Crippen molar-refractivity contribution >= 4 is 89.4 Å². The number of rotatable bonds is 4. The summed E-state index contributed by atoms with van der Waals surface area (Å²) >= 11 is 0. The molecule has 0 amide bonds. The number of aromatic nitrogens is 1. The number of pyridine rings is 1. The zero-order chi connectivity index (χ0) is 24.9. The zero-order valence-corrected chi connectivity index (χ0v) is 19.5. The average molecular weight is 519 g/mol. The number of nitrogens with zero attached hydrogens (tertiary/aromatic N) is 3. The molecule has 0 fully saturated rings. The van der Waals surface area contributed by atoms with Crippen molar-refractivity contribution in [1.82, 2.24) is 4.98 Å². The van der Waals surface area contributed by atoms with Crippen molar-refractivity contribution in [1.29, 1.82) is 0 Å².